The predicted octanol–water partition coefficient (Wildman–Crippen LogP) is 0.847. The Kier molecular flexibility index (Phi) is 3.82. The molecular formula is C6H9ClN2O. The van der Waals surface area contributed by atoms with Crippen molar-refractivity contribution in [3.63, 3.8) is 0 Å². The number of hydrogen-bond acceptors (Lipinski definition) is 3. The molecule has 0 heterocycles. The Morgan fingerprint density at radius 1 is 1.70 bits per heavy atom. The van der Waals surface area contributed by atoms with Crippen molar-refractivity contribution in [3.8, 4) is 6.19 Å². The first-order valence-corrected chi connectivity index (χ1v) is 3.31. The van der Waals surface area contributed by atoms with Gasteiger partial charge in [-0.05, 0) is 17.5 Å². The second kappa shape index (κ2) is 4.13. The van der Waals surface area contributed by atoms with Crippen LogP contribution in [0.2, 0.25) is 0 Å². The highest BCUT2D eigenvalue weighted by Gasteiger charge is 2.18. The van der Waals surface area contributed by atoms with Gasteiger partial charge in [-0.2, -0.15) is 5.26 Å². The van der Waals surface area contributed by atoms with Gasteiger partial charge in [-0.15, -0.1) is 0 Å². The topological polar surface area (TPSA) is 52.9 Å². The molecule has 0 spiro atoms. The molecule has 0 bridgehead atoms. The number of carbonyl (C=O) groups excluding carboxylic acids is 1. The molecule has 3 nitrogen and oxygen atoms in total. The van der Waals surface area contributed by atoms with Crippen molar-refractivity contribution in [1.29, 1.82) is 5.26 Å². The summed E-state index contributed by atoms with van der Waals surface area (Å²) in [5, 5.41) is 9.95. The summed E-state index contributed by atoms with van der Waals surface area (Å²) >= 11 is 5.17. The Balaban J connectivity index is 4.01. The maximum absolute atomic E-state index is 10.5. The molecule has 1 N–H and O–H groups in total. The molecule has 56 valence electrons. The van der Waals surface area contributed by atoms with E-state index in [0.717, 1.165) is 0 Å². The molecule has 0 radical (unpaired) electrons. The molecule has 0 rings (SSSR count). The van der Waals surface area contributed by atoms with Crippen molar-refractivity contribution in [2.75, 3.05) is 0 Å². The number of carbonyl (C=O) groups is 1. The number of hydrogen-bond donors (Lipinski definition) is 1. The zero-order valence-electron chi connectivity index (χ0n) is 5.89. The number of nitrogens with zero attached hydrogens (tertiary/aromatic N) is 1. The average Bonchev–Trinajstić information content (AvgIpc) is 1.81. The van der Waals surface area contributed by atoms with Gasteiger partial charge in [0.25, 0.3) is 0 Å². The van der Waals surface area contributed by atoms with Crippen molar-refractivity contribution < 1.29 is 4.79 Å². The third kappa shape index (κ3) is 2.70. The van der Waals surface area contributed by atoms with Crippen molar-refractivity contribution in [1.82, 2.24) is 5.32 Å². The zero-order chi connectivity index (χ0) is 8.15. The van der Waals surface area contributed by atoms with Crippen LogP contribution in [0.5, 0.6) is 0 Å². The van der Waals surface area contributed by atoms with Gasteiger partial charge < -0.3 is 5.32 Å². The fraction of sp³-hybridized carbons (Fsp3) is 0.667. The molecule has 0 aliphatic carbocycles. The molecule has 0 aromatic heterocycles. The van der Waals surface area contributed by atoms with Gasteiger partial charge in [0.15, 0.2) is 6.19 Å². The smallest absolute Gasteiger partial charge is 0.244 e. The van der Waals surface area contributed by atoms with E-state index in [4.69, 9.17) is 16.9 Å². The monoisotopic (exact) mass is 160 g/mol. The molecule has 4 heteroatoms. The average molecular weight is 161 g/mol. The summed E-state index contributed by atoms with van der Waals surface area (Å²) in [6.45, 7) is 3.63. The zero-order valence-corrected chi connectivity index (χ0v) is 6.64. The number of rotatable bonds is 3. The van der Waals surface area contributed by atoms with E-state index in [9.17, 15) is 4.79 Å². The van der Waals surface area contributed by atoms with Gasteiger partial charge in [-0.1, -0.05) is 13.8 Å². The molecule has 0 saturated heterocycles. The molecule has 0 fully saturated rings. The van der Waals surface area contributed by atoms with Crippen LogP contribution in [0.4, 0.5) is 0 Å². The lowest BCUT2D eigenvalue weighted by Crippen LogP contribution is -2.35. The van der Waals surface area contributed by atoms with Crippen molar-refractivity contribution >= 4 is 16.8 Å². The van der Waals surface area contributed by atoms with E-state index in [1.807, 2.05) is 13.8 Å². The van der Waals surface area contributed by atoms with E-state index in [1.165, 1.54) is 0 Å². The fourth-order valence-electron chi connectivity index (χ4n) is 0.555. The molecular weight excluding hydrogens is 152 g/mol. The van der Waals surface area contributed by atoms with Gasteiger partial charge in [0.2, 0.25) is 5.24 Å². The summed E-state index contributed by atoms with van der Waals surface area (Å²) < 4.78 is 0. The molecule has 0 saturated carbocycles. The van der Waals surface area contributed by atoms with Gasteiger partial charge in [0.05, 0.1) is 0 Å². The largest absolute Gasteiger partial charge is 0.312 e. The molecule has 10 heavy (non-hydrogen) atoms. The maximum atomic E-state index is 10.5. The number of nitrogens with one attached hydrogen (secondary N) is 1. The first-order chi connectivity index (χ1) is 4.59. The lowest BCUT2D eigenvalue weighted by Gasteiger charge is -2.12. The van der Waals surface area contributed by atoms with Crippen LogP contribution in [-0.4, -0.2) is 11.3 Å². The summed E-state index contributed by atoms with van der Waals surface area (Å²) in [6.07, 6.45) is 1.68. The summed E-state index contributed by atoms with van der Waals surface area (Å²) in [5.41, 5.74) is 0. The van der Waals surface area contributed by atoms with Gasteiger partial charge in [0.1, 0.15) is 6.04 Å². The summed E-state index contributed by atoms with van der Waals surface area (Å²) in [5.74, 6) is 0.0460. The second-order valence-corrected chi connectivity index (χ2v) is 2.65. The summed E-state index contributed by atoms with van der Waals surface area (Å²) in [6, 6.07) is -0.549. The molecule has 0 amide bonds. The SMILES string of the molecule is CC(C)[C@H](NC#N)C(=O)Cl. The Bertz CT molecular complexity index is 162. The highest BCUT2D eigenvalue weighted by atomic mass is 35.5. The Labute approximate surface area is 65.0 Å². The molecule has 0 aliphatic heterocycles. The van der Waals surface area contributed by atoms with E-state index in [0.29, 0.717) is 0 Å². The maximum Gasteiger partial charge on any atom is 0.244 e. The Morgan fingerprint density at radius 2 is 2.20 bits per heavy atom. The molecule has 0 aromatic rings. The third-order valence-corrected chi connectivity index (χ3v) is 1.37. The normalized spacial score (nSPS) is 12.3. The molecule has 0 unspecified atom stereocenters. The Hall–Kier alpha value is -0.750. The van der Waals surface area contributed by atoms with E-state index in [-0.39, 0.29) is 5.92 Å². The first kappa shape index (κ1) is 9.25. The van der Waals surface area contributed by atoms with E-state index < -0.39 is 11.3 Å². The predicted molar refractivity (Wildman–Crippen MR) is 38.2 cm³/mol. The van der Waals surface area contributed by atoms with Crippen LogP contribution >= 0.6 is 11.6 Å². The van der Waals surface area contributed by atoms with Gasteiger partial charge in [-0.3, -0.25) is 4.79 Å². The van der Waals surface area contributed by atoms with Gasteiger partial charge in [-0.25, -0.2) is 0 Å². The summed E-state index contributed by atoms with van der Waals surface area (Å²) in [7, 11) is 0. The molecule has 0 aromatic carbocycles. The third-order valence-electron chi connectivity index (χ3n) is 1.13. The van der Waals surface area contributed by atoms with Crippen LogP contribution in [0.1, 0.15) is 13.8 Å². The number of halogens is 1. The number of nitriles is 1. The lowest BCUT2D eigenvalue weighted by atomic mass is 10.1. The van der Waals surface area contributed by atoms with Crippen LogP contribution in [0.3, 0.4) is 0 Å². The van der Waals surface area contributed by atoms with Crippen molar-refractivity contribution in [3.05, 3.63) is 0 Å². The summed E-state index contributed by atoms with van der Waals surface area (Å²) in [4.78, 5) is 10.5. The fourth-order valence-corrected chi connectivity index (χ4v) is 0.862. The van der Waals surface area contributed by atoms with E-state index in [1.54, 1.807) is 6.19 Å². The van der Waals surface area contributed by atoms with E-state index >= 15 is 0 Å². The first-order valence-electron chi connectivity index (χ1n) is 2.93. The minimum absolute atomic E-state index is 0.0460. The van der Waals surface area contributed by atoms with Gasteiger partial charge in [0, 0.05) is 0 Å². The quantitative estimate of drug-likeness (QED) is 0.378. The molecule has 1 atom stereocenters. The standard InChI is InChI=1S/C6H9ClN2O/c1-4(2)5(6(7)10)9-3-8/h4-5,9H,1-2H3/t5-/m0/s1. The lowest BCUT2D eigenvalue weighted by molar-refractivity contribution is -0.114. The van der Waals surface area contributed by atoms with Gasteiger partial charge >= 0.3 is 0 Å². The van der Waals surface area contributed by atoms with Crippen molar-refractivity contribution in [2.45, 2.75) is 19.9 Å². The van der Waals surface area contributed by atoms with Crippen molar-refractivity contribution in [2.24, 2.45) is 5.92 Å². The highest BCUT2D eigenvalue weighted by Crippen LogP contribution is 2.03. The van der Waals surface area contributed by atoms with Crippen LogP contribution in [0.25, 0.3) is 0 Å². The Morgan fingerprint density at radius 3 is 2.30 bits per heavy atom. The second-order valence-electron chi connectivity index (χ2n) is 2.28. The van der Waals surface area contributed by atoms with Crippen LogP contribution in [-0.2, 0) is 4.79 Å². The van der Waals surface area contributed by atoms with Crippen LogP contribution in [0.15, 0.2) is 0 Å². The molecule has 0 aliphatic rings. The minimum atomic E-state index is -0.549. The van der Waals surface area contributed by atoms with E-state index in [2.05, 4.69) is 5.32 Å². The minimum Gasteiger partial charge on any atom is -0.312 e. The van der Waals surface area contributed by atoms with Crippen LogP contribution in [0, 0.1) is 17.4 Å². The van der Waals surface area contributed by atoms with Crippen LogP contribution < -0.4 is 5.32 Å². The highest BCUT2D eigenvalue weighted by molar-refractivity contribution is 6.64.